The Morgan fingerprint density at radius 3 is 2.67 bits per heavy atom. The monoisotopic (exact) mass is 450 g/mol. The summed E-state index contributed by atoms with van der Waals surface area (Å²) in [7, 11) is 1.59. The van der Waals surface area contributed by atoms with Gasteiger partial charge >= 0.3 is 0 Å². The average molecular weight is 451 g/mol. The molecule has 1 saturated heterocycles. The van der Waals surface area contributed by atoms with Crippen LogP contribution in [0.5, 0.6) is 5.75 Å². The van der Waals surface area contributed by atoms with Gasteiger partial charge in [0, 0.05) is 31.0 Å². The van der Waals surface area contributed by atoms with Crippen molar-refractivity contribution in [1.82, 2.24) is 14.5 Å². The van der Waals surface area contributed by atoms with Crippen LogP contribution in [0, 0.1) is 11.7 Å². The molecule has 1 aliphatic rings. The lowest BCUT2D eigenvalue weighted by atomic mass is 9.92. The minimum atomic E-state index is -0.584. The van der Waals surface area contributed by atoms with Crippen molar-refractivity contribution < 1.29 is 18.7 Å². The number of carbonyl (C=O) groups is 2. The molecule has 1 N–H and O–H groups in total. The number of hydrogen-bond acceptors (Lipinski definition) is 4. The third-order valence-electron chi connectivity index (χ3n) is 5.98. The number of hydrogen-bond donors (Lipinski definition) is 1. The number of nitrogens with zero attached hydrogens (tertiary/aromatic N) is 3. The van der Waals surface area contributed by atoms with Crippen LogP contribution in [0.2, 0.25) is 0 Å². The number of imidazole rings is 1. The Morgan fingerprint density at radius 2 is 2.03 bits per heavy atom. The van der Waals surface area contributed by atoms with E-state index in [1.165, 1.54) is 12.4 Å². The summed E-state index contributed by atoms with van der Waals surface area (Å²) >= 11 is 0. The van der Waals surface area contributed by atoms with Crippen molar-refractivity contribution in [3.63, 3.8) is 0 Å². The van der Waals surface area contributed by atoms with E-state index in [1.54, 1.807) is 41.1 Å². The van der Waals surface area contributed by atoms with Crippen LogP contribution < -0.4 is 10.1 Å². The summed E-state index contributed by atoms with van der Waals surface area (Å²) in [5, 5.41) is 2.81. The van der Waals surface area contributed by atoms with Gasteiger partial charge in [0.15, 0.2) is 0 Å². The molecule has 1 fully saturated rings. The number of rotatable bonds is 8. The van der Waals surface area contributed by atoms with Gasteiger partial charge in [-0.3, -0.25) is 9.59 Å². The Morgan fingerprint density at radius 1 is 1.24 bits per heavy atom. The SMILES string of the molecule is CCCCN1C(=O)CC(C(=O)Nc2ccc(-n3ccnc3)c(F)c2)C1c1ccc(OC)cc1. The second-order valence-electron chi connectivity index (χ2n) is 8.09. The highest BCUT2D eigenvalue weighted by molar-refractivity contribution is 5.98. The van der Waals surface area contributed by atoms with E-state index in [0.29, 0.717) is 23.7 Å². The lowest BCUT2D eigenvalue weighted by Crippen LogP contribution is -2.33. The highest BCUT2D eigenvalue weighted by Crippen LogP contribution is 2.39. The minimum Gasteiger partial charge on any atom is -0.497 e. The Bertz CT molecular complexity index is 1120. The number of carbonyl (C=O) groups excluding carboxylic acids is 2. The van der Waals surface area contributed by atoms with E-state index in [2.05, 4.69) is 17.2 Å². The standard InChI is InChI=1S/C25H27FN4O3/c1-3-4-12-30-23(31)15-20(24(30)17-5-8-19(33-2)9-6-17)25(32)28-18-7-10-22(21(26)14-18)29-13-11-27-16-29/h5-11,13-14,16,20,24H,3-4,12,15H2,1-2H3,(H,28,32). The number of anilines is 1. The number of unbranched alkanes of at least 4 members (excludes halogenated alkanes) is 1. The second kappa shape index (κ2) is 9.85. The van der Waals surface area contributed by atoms with Crippen LogP contribution in [0.15, 0.2) is 61.2 Å². The second-order valence-corrected chi connectivity index (χ2v) is 8.09. The third kappa shape index (κ3) is 4.74. The molecule has 3 aromatic rings. The third-order valence-corrected chi connectivity index (χ3v) is 5.98. The topological polar surface area (TPSA) is 76.5 Å². The molecule has 8 heteroatoms. The van der Waals surface area contributed by atoms with E-state index in [-0.39, 0.29) is 24.3 Å². The van der Waals surface area contributed by atoms with Crippen molar-refractivity contribution in [2.24, 2.45) is 5.92 Å². The van der Waals surface area contributed by atoms with Crippen LogP contribution >= 0.6 is 0 Å². The lowest BCUT2D eigenvalue weighted by Gasteiger charge is -2.28. The number of nitrogens with one attached hydrogen (secondary N) is 1. The Kier molecular flexibility index (Phi) is 6.72. The maximum atomic E-state index is 14.6. The molecule has 0 saturated carbocycles. The number of benzene rings is 2. The van der Waals surface area contributed by atoms with Gasteiger partial charge in [-0.15, -0.1) is 0 Å². The highest BCUT2D eigenvalue weighted by Gasteiger charge is 2.44. The van der Waals surface area contributed by atoms with Crippen molar-refractivity contribution in [2.75, 3.05) is 19.0 Å². The number of aromatic nitrogens is 2. The molecule has 1 aliphatic heterocycles. The molecule has 4 rings (SSSR count). The molecule has 33 heavy (non-hydrogen) atoms. The predicted octanol–water partition coefficient (Wildman–Crippen LogP) is 4.35. The van der Waals surface area contributed by atoms with Gasteiger partial charge in [-0.05, 0) is 42.3 Å². The predicted molar refractivity (Wildman–Crippen MR) is 123 cm³/mol. The van der Waals surface area contributed by atoms with Gasteiger partial charge < -0.3 is 19.5 Å². The fourth-order valence-corrected chi connectivity index (χ4v) is 4.26. The smallest absolute Gasteiger partial charge is 0.230 e. The molecular weight excluding hydrogens is 423 g/mol. The van der Waals surface area contributed by atoms with E-state index in [4.69, 9.17) is 4.74 Å². The molecule has 2 heterocycles. The van der Waals surface area contributed by atoms with Crippen molar-refractivity contribution in [1.29, 1.82) is 0 Å². The van der Waals surface area contributed by atoms with Gasteiger partial charge in [-0.1, -0.05) is 25.5 Å². The van der Waals surface area contributed by atoms with E-state index in [9.17, 15) is 14.0 Å². The molecule has 2 amide bonds. The Labute approximate surface area is 192 Å². The normalized spacial score (nSPS) is 17.9. The Balaban J connectivity index is 1.57. The first-order valence-electron chi connectivity index (χ1n) is 11.0. The van der Waals surface area contributed by atoms with Crippen LogP contribution in [-0.4, -0.2) is 39.9 Å². The fourth-order valence-electron chi connectivity index (χ4n) is 4.26. The first-order valence-corrected chi connectivity index (χ1v) is 11.0. The average Bonchev–Trinajstić information content (AvgIpc) is 3.46. The van der Waals surface area contributed by atoms with Crippen molar-refractivity contribution in [2.45, 2.75) is 32.2 Å². The van der Waals surface area contributed by atoms with Gasteiger partial charge in [0.1, 0.15) is 11.6 Å². The van der Waals surface area contributed by atoms with Crippen LogP contribution in [-0.2, 0) is 9.59 Å². The quantitative estimate of drug-likeness (QED) is 0.554. The molecule has 172 valence electrons. The molecule has 2 unspecified atom stereocenters. The van der Waals surface area contributed by atoms with Gasteiger partial charge in [0.2, 0.25) is 11.8 Å². The number of amides is 2. The molecule has 0 radical (unpaired) electrons. The zero-order valence-corrected chi connectivity index (χ0v) is 18.7. The number of likely N-dealkylation sites (tertiary alicyclic amines) is 1. The number of halogens is 1. The van der Waals surface area contributed by atoms with Crippen LogP contribution in [0.1, 0.15) is 37.8 Å². The van der Waals surface area contributed by atoms with Crippen molar-refractivity contribution >= 4 is 17.5 Å². The van der Waals surface area contributed by atoms with Gasteiger partial charge in [0.25, 0.3) is 0 Å². The summed E-state index contributed by atoms with van der Waals surface area (Å²) in [6.07, 6.45) is 6.63. The molecule has 0 spiro atoms. The van der Waals surface area contributed by atoms with Crippen LogP contribution in [0.3, 0.4) is 0 Å². The largest absolute Gasteiger partial charge is 0.497 e. The summed E-state index contributed by atoms with van der Waals surface area (Å²) in [4.78, 5) is 31.8. The van der Waals surface area contributed by atoms with Gasteiger partial charge in [-0.2, -0.15) is 0 Å². The maximum Gasteiger partial charge on any atom is 0.230 e. The van der Waals surface area contributed by atoms with E-state index < -0.39 is 11.7 Å². The van der Waals surface area contributed by atoms with Crippen molar-refractivity contribution in [3.8, 4) is 11.4 Å². The highest BCUT2D eigenvalue weighted by atomic mass is 19.1. The molecule has 2 atom stereocenters. The van der Waals surface area contributed by atoms with Gasteiger partial charge in [0.05, 0.1) is 31.1 Å². The number of methoxy groups -OCH3 is 1. The molecular formula is C25H27FN4O3. The van der Waals surface area contributed by atoms with Crippen LogP contribution in [0.25, 0.3) is 5.69 Å². The van der Waals surface area contributed by atoms with E-state index >= 15 is 0 Å². The first-order chi connectivity index (χ1) is 16.0. The lowest BCUT2D eigenvalue weighted by molar-refractivity contribution is -0.129. The molecule has 0 bridgehead atoms. The first kappa shape index (κ1) is 22.5. The number of ether oxygens (including phenoxy) is 1. The minimum absolute atomic E-state index is 0.0499. The Hall–Kier alpha value is -3.68. The molecule has 7 nitrogen and oxygen atoms in total. The van der Waals surface area contributed by atoms with E-state index in [0.717, 1.165) is 18.4 Å². The summed E-state index contributed by atoms with van der Waals surface area (Å²) < 4.78 is 21.4. The van der Waals surface area contributed by atoms with Gasteiger partial charge in [-0.25, -0.2) is 9.37 Å². The zero-order chi connectivity index (χ0) is 23.4. The summed E-state index contributed by atoms with van der Waals surface area (Å²) in [6.45, 7) is 2.65. The summed E-state index contributed by atoms with van der Waals surface area (Å²) in [5.74, 6) is -0.717. The molecule has 1 aromatic heterocycles. The van der Waals surface area contributed by atoms with Crippen LogP contribution in [0.4, 0.5) is 10.1 Å². The molecule has 0 aliphatic carbocycles. The zero-order valence-electron chi connectivity index (χ0n) is 18.7. The summed E-state index contributed by atoms with van der Waals surface area (Å²) in [6, 6.07) is 11.6. The van der Waals surface area contributed by atoms with E-state index in [1.807, 2.05) is 24.3 Å². The maximum absolute atomic E-state index is 14.6. The molecule has 2 aromatic carbocycles. The fraction of sp³-hybridized carbons (Fsp3) is 0.320. The van der Waals surface area contributed by atoms with Crippen molar-refractivity contribution in [3.05, 3.63) is 72.6 Å². The summed E-state index contributed by atoms with van der Waals surface area (Å²) in [5.41, 5.74) is 1.55.